The molecule has 6 heteroatoms. The highest BCUT2D eigenvalue weighted by atomic mass is 16.5. The highest BCUT2D eigenvalue weighted by molar-refractivity contribution is 6.01. The van der Waals surface area contributed by atoms with E-state index in [-0.39, 0.29) is 23.3 Å². The number of nitrogens with one attached hydrogen (secondary N) is 3. The van der Waals surface area contributed by atoms with Crippen molar-refractivity contribution in [3.05, 3.63) is 23.8 Å². The molecule has 0 unspecified atom stereocenters. The van der Waals surface area contributed by atoms with Crippen LogP contribution in [0, 0.1) is 0 Å². The molecule has 0 radical (unpaired) electrons. The van der Waals surface area contributed by atoms with Crippen molar-refractivity contribution < 1.29 is 14.3 Å². The molecular formula is C17H21N3O3. The molecule has 122 valence electrons. The molecule has 3 heterocycles. The van der Waals surface area contributed by atoms with E-state index < -0.39 is 0 Å². The Bertz CT molecular complexity index is 652. The summed E-state index contributed by atoms with van der Waals surface area (Å²) in [6, 6.07) is 5.76. The maximum Gasteiger partial charge on any atom is 0.249 e. The second-order valence-electron chi connectivity index (χ2n) is 6.68. The molecule has 2 saturated heterocycles. The van der Waals surface area contributed by atoms with Crippen LogP contribution in [0.4, 0.5) is 5.69 Å². The van der Waals surface area contributed by atoms with E-state index in [2.05, 4.69) is 22.0 Å². The number of piperidine rings is 2. The predicted molar refractivity (Wildman–Crippen MR) is 85.5 cm³/mol. The summed E-state index contributed by atoms with van der Waals surface area (Å²) >= 11 is 0. The minimum Gasteiger partial charge on any atom is -0.492 e. The van der Waals surface area contributed by atoms with Gasteiger partial charge in [0.25, 0.3) is 0 Å². The SMILES string of the molecule is O=C1CC[C@H](Nc2ccc3c(c2)OCC32CCNCC2)C(=O)N1. The number of anilines is 1. The molecule has 4 rings (SSSR count). The summed E-state index contributed by atoms with van der Waals surface area (Å²) in [5.41, 5.74) is 2.30. The molecule has 1 atom stereocenters. The van der Waals surface area contributed by atoms with Crippen molar-refractivity contribution in [3.8, 4) is 5.75 Å². The third kappa shape index (κ3) is 2.57. The molecule has 1 aromatic rings. The third-order valence-electron chi connectivity index (χ3n) is 5.20. The second-order valence-corrected chi connectivity index (χ2v) is 6.68. The van der Waals surface area contributed by atoms with E-state index in [1.54, 1.807) is 0 Å². The molecule has 1 spiro atoms. The van der Waals surface area contributed by atoms with Crippen LogP contribution in [0.3, 0.4) is 0 Å². The molecule has 0 bridgehead atoms. The predicted octanol–water partition coefficient (Wildman–Crippen LogP) is 0.917. The van der Waals surface area contributed by atoms with Gasteiger partial charge in [0, 0.05) is 29.2 Å². The first-order valence-corrected chi connectivity index (χ1v) is 8.25. The van der Waals surface area contributed by atoms with Gasteiger partial charge in [0.2, 0.25) is 11.8 Å². The number of ether oxygens (including phenoxy) is 1. The Balaban J connectivity index is 1.52. The van der Waals surface area contributed by atoms with E-state index in [0.29, 0.717) is 12.8 Å². The Morgan fingerprint density at radius 2 is 2.04 bits per heavy atom. The summed E-state index contributed by atoms with van der Waals surface area (Å²) in [7, 11) is 0. The summed E-state index contributed by atoms with van der Waals surface area (Å²) in [6.07, 6.45) is 3.10. The first-order chi connectivity index (χ1) is 11.2. The van der Waals surface area contributed by atoms with E-state index in [1.807, 2.05) is 12.1 Å². The van der Waals surface area contributed by atoms with Crippen molar-refractivity contribution in [3.63, 3.8) is 0 Å². The molecule has 0 aromatic heterocycles. The second kappa shape index (κ2) is 5.53. The van der Waals surface area contributed by atoms with Gasteiger partial charge in [-0.3, -0.25) is 14.9 Å². The van der Waals surface area contributed by atoms with Crippen LogP contribution in [-0.2, 0) is 15.0 Å². The van der Waals surface area contributed by atoms with E-state index in [4.69, 9.17) is 4.74 Å². The smallest absolute Gasteiger partial charge is 0.249 e. The Morgan fingerprint density at radius 1 is 1.22 bits per heavy atom. The number of carbonyl (C=O) groups is 2. The molecule has 2 amide bonds. The maximum absolute atomic E-state index is 11.9. The zero-order valence-corrected chi connectivity index (χ0v) is 13.0. The lowest BCUT2D eigenvalue weighted by molar-refractivity contribution is -0.133. The molecule has 6 nitrogen and oxygen atoms in total. The zero-order valence-electron chi connectivity index (χ0n) is 13.0. The van der Waals surface area contributed by atoms with Gasteiger partial charge in [0.05, 0.1) is 6.61 Å². The summed E-state index contributed by atoms with van der Waals surface area (Å²) in [5.74, 6) is 0.472. The Kier molecular flexibility index (Phi) is 3.49. The van der Waals surface area contributed by atoms with Crippen LogP contribution in [0.25, 0.3) is 0 Å². The average molecular weight is 315 g/mol. The lowest BCUT2D eigenvalue weighted by Crippen LogP contribution is -2.47. The van der Waals surface area contributed by atoms with Gasteiger partial charge in [0.15, 0.2) is 0 Å². The molecule has 3 N–H and O–H groups in total. The lowest BCUT2D eigenvalue weighted by Gasteiger charge is -2.32. The first kappa shape index (κ1) is 14.5. The van der Waals surface area contributed by atoms with Crippen LogP contribution in [-0.4, -0.2) is 37.6 Å². The fourth-order valence-corrected chi connectivity index (χ4v) is 3.81. The summed E-state index contributed by atoms with van der Waals surface area (Å²) in [5, 5.41) is 8.99. The Morgan fingerprint density at radius 3 is 2.83 bits per heavy atom. The Labute approximate surface area is 135 Å². The van der Waals surface area contributed by atoms with Crippen molar-refractivity contribution in [1.82, 2.24) is 10.6 Å². The highest BCUT2D eigenvalue weighted by Gasteiger charge is 2.41. The van der Waals surface area contributed by atoms with Crippen LogP contribution in [0.15, 0.2) is 18.2 Å². The van der Waals surface area contributed by atoms with Gasteiger partial charge in [-0.05, 0) is 38.4 Å². The van der Waals surface area contributed by atoms with Gasteiger partial charge in [0.1, 0.15) is 11.8 Å². The van der Waals surface area contributed by atoms with Crippen LogP contribution in [0.2, 0.25) is 0 Å². The van der Waals surface area contributed by atoms with E-state index in [1.165, 1.54) is 5.56 Å². The largest absolute Gasteiger partial charge is 0.492 e. The number of benzene rings is 1. The molecule has 1 aromatic carbocycles. The molecular weight excluding hydrogens is 294 g/mol. The van der Waals surface area contributed by atoms with Gasteiger partial charge in [-0.25, -0.2) is 0 Å². The molecule has 3 aliphatic rings. The van der Waals surface area contributed by atoms with E-state index in [9.17, 15) is 9.59 Å². The average Bonchev–Trinajstić information content (AvgIpc) is 2.89. The first-order valence-electron chi connectivity index (χ1n) is 8.25. The topological polar surface area (TPSA) is 79.5 Å². The summed E-state index contributed by atoms with van der Waals surface area (Å²) < 4.78 is 5.94. The van der Waals surface area contributed by atoms with E-state index >= 15 is 0 Å². The number of amides is 2. The van der Waals surface area contributed by atoms with Crippen molar-refractivity contribution in [2.24, 2.45) is 0 Å². The number of carbonyl (C=O) groups excluding carboxylic acids is 2. The molecule has 0 aliphatic carbocycles. The van der Waals surface area contributed by atoms with Gasteiger partial charge in [-0.2, -0.15) is 0 Å². The standard InChI is InChI=1S/C17H21N3O3/c21-15-4-3-13(16(22)20-15)19-11-1-2-12-14(9-11)23-10-17(12)5-7-18-8-6-17/h1-2,9,13,18-19H,3-8,10H2,(H,20,21,22)/t13-/m0/s1. The van der Waals surface area contributed by atoms with E-state index in [0.717, 1.165) is 44.0 Å². The lowest BCUT2D eigenvalue weighted by atomic mass is 9.75. The van der Waals surface area contributed by atoms with Crippen molar-refractivity contribution in [2.45, 2.75) is 37.1 Å². The number of imide groups is 1. The molecule has 0 saturated carbocycles. The van der Waals surface area contributed by atoms with Crippen LogP contribution < -0.4 is 20.7 Å². The number of hydrogen-bond donors (Lipinski definition) is 3. The van der Waals surface area contributed by atoms with Crippen molar-refractivity contribution in [2.75, 3.05) is 25.0 Å². The van der Waals surface area contributed by atoms with Crippen LogP contribution >= 0.6 is 0 Å². The van der Waals surface area contributed by atoms with Crippen LogP contribution in [0.5, 0.6) is 5.75 Å². The van der Waals surface area contributed by atoms with Crippen LogP contribution in [0.1, 0.15) is 31.2 Å². The van der Waals surface area contributed by atoms with Gasteiger partial charge in [-0.1, -0.05) is 6.07 Å². The number of hydrogen-bond acceptors (Lipinski definition) is 5. The highest BCUT2D eigenvalue weighted by Crippen LogP contribution is 2.45. The van der Waals surface area contributed by atoms with Crippen molar-refractivity contribution in [1.29, 1.82) is 0 Å². The minimum atomic E-state index is -0.361. The summed E-state index contributed by atoms with van der Waals surface area (Å²) in [6.45, 7) is 2.80. The van der Waals surface area contributed by atoms with Crippen molar-refractivity contribution >= 4 is 17.5 Å². The maximum atomic E-state index is 11.9. The zero-order chi connectivity index (χ0) is 15.9. The number of fused-ring (bicyclic) bond motifs is 2. The summed E-state index contributed by atoms with van der Waals surface area (Å²) in [4.78, 5) is 23.1. The molecule has 2 fully saturated rings. The molecule has 3 aliphatic heterocycles. The van der Waals surface area contributed by atoms with Gasteiger partial charge in [-0.15, -0.1) is 0 Å². The quantitative estimate of drug-likeness (QED) is 0.707. The fraction of sp³-hybridized carbons (Fsp3) is 0.529. The monoisotopic (exact) mass is 315 g/mol. The number of rotatable bonds is 2. The normalized spacial score (nSPS) is 25.7. The molecule has 23 heavy (non-hydrogen) atoms. The minimum absolute atomic E-state index is 0.147. The Hall–Kier alpha value is -2.08. The van der Waals surface area contributed by atoms with Gasteiger partial charge < -0.3 is 15.4 Å². The fourth-order valence-electron chi connectivity index (χ4n) is 3.81. The third-order valence-corrected chi connectivity index (χ3v) is 5.20. The van der Waals surface area contributed by atoms with Gasteiger partial charge >= 0.3 is 0 Å².